The zero-order chi connectivity index (χ0) is 34.8. The number of fused-ring (bicyclic) bond motifs is 4. The molecule has 8 rings (SSSR count). The second-order valence-electron chi connectivity index (χ2n) is 15.4. The van der Waals surface area contributed by atoms with Crippen LogP contribution in [0, 0.1) is 0 Å². The Hall–Kier alpha value is -5.74. The fourth-order valence-corrected chi connectivity index (χ4v) is 7.06. The van der Waals surface area contributed by atoms with Crippen LogP contribution in [0.1, 0.15) is 52.7 Å². The molecular formula is C46H41N3O. The van der Waals surface area contributed by atoms with Crippen molar-refractivity contribution in [2.24, 2.45) is 0 Å². The number of phenols is 1. The number of nitrogens with zero attached hydrogens (tertiary/aromatic N) is 3. The van der Waals surface area contributed by atoms with Crippen LogP contribution in [0.3, 0.4) is 0 Å². The number of pyridine rings is 2. The summed E-state index contributed by atoms with van der Waals surface area (Å²) < 4.78 is 2.28. The van der Waals surface area contributed by atoms with Crippen molar-refractivity contribution in [1.29, 1.82) is 0 Å². The van der Waals surface area contributed by atoms with E-state index < -0.39 is 0 Å². The molecule has 0 aliphatic carbocycles. The third kappa shape index (κ3) is 5.51. The largest absolute Gasteiger partial charge is 0.507 e. The first-order valence-electron chi connectivity index (χ1n) is 17.3. The van der Waals surface area contributed by atoms with Crippen molar-refractivity contribution in [2.45, 2.75) is 52.4 Å². The number of hydrogen-bond donors (Lipinski definition) is 1. The van der Waals surface area contributed by atoms with E-state index in [0.717, 1.165) is 61.4 Å². The van der Waals surface area contributed by atoms with Gasteiger partial charge in [-0.1, -0.05) is 108 Å². The summed E-state index contributed by atoms with van der Waals surface area (Å²) >= 11 is 0. The van der Waals surface area contributed by atoms with E-state index in [4.69, 9.17) is 9.97 Å². The van der Waals surface area contributed by atoms with Gasteiger partial charge in [0, 0.05) is 39.3 Å². The molecule has 0 bridgehead atoms. The number of aromatic hydroxyl groups is 1. The minimum Gasteiger partial charge on any atom is -0.507 e. The van der Waals surface area contributed by atoms with Gasteiger partial charge in [-0.15, -0.1) is 0 Å². The Balaban J connectivity index is 1.38. The Kier molecular flexibility index (Phi) is 7.38. The normalized spacial score (nSPS) is 12.3. The average molecular weight is 652 g/mol. The molecule has 4 nitrogen and oxygen atoms in total. The quantitative estimate of drug-likeness (QED) is 0.206. The highest BCUT2D eigenvalue weighted by Gasteiger charge is 2.26. The van der Waals surface area contributed by atoms with E-state index in [9.17, 15) is 5.11 Å². The highest BCUT2D eigenvalue weighted by atomic mass is 16.3. The topological polar surface area (TPSA) is 50.9 Å². The molecule has 0 unspecified atom stereocenters. The maximum atomic E-state index is 11.7. The van der Waals surface area contributed by atoms with Gasteiger partial charge in [0.25, 0.3) is 0 Å². The molecule has 50 heavy (non-hydrogen) atoms. The zero-order valence-electron chi connectivity index (χ0n) is 29.5. The monoisotopic (exact) mass is 651 g/mol. The highest BCUT2D eigenvalue weighted by Crippen LogP contribution is 2.42. The fourth-order valence-electron chi connectivity index (χ4n) is 7.06. The average Bonchev–Trinajstić information content (AvgIpc) is 3.43. The van der Waals surface area contributed by atoms with Crippen molar-refractivity contribution in [1.82, 2.24) is 14.5 Å². The van der Waals surface area contributed by atoms with Gasteiger partial charge in [0.15, 0.2) is 0 Å². The van der Waals surface area contributed by atoms with Gasteiger partial charge in [0.05, 0.1) is 16.9 Å². The molecular weight excluding hydrogens is 611 g/mol. The highest BCUT2D eigenvalue weighted by molar-refractivity contribution is 6.12. The molecule has 0 saturated carbocycles. The molecule has 3 heterocycles. The molecule has 5 aromatic carbocycles. The molecule has 0 aliphatic rings. The van der Waals surface area contributed by atoms with Crippen LogP contribution < -0.4 is 0 Å². The molecule has 0 radical (unpaired) electrons. The van der Waals surface area contributed by atoms with E-state index in [1.807, 2.05) is 30.5 Å². The van der Waals surface area contributed by atoms with E-state index in [-0.39, 0.29) is 16.6 Å². The lowest BCUT2D eigenvalue weighted by atomic mass is 9.78. The molecule has 0 amide bonds. The SMILES string of the molecule is CC(C)(C)c1cc(-c2cccc(-c3cc(-c4ccccc4)cc(-n4c5cc6ccccc6cc5c5cccnc54)c3)n2)c(O)c(C(C)(C)C)c1. The third-order valence-electron chi connectivity index (χ3n) is 9.78. The third-order valence-corrected chi connectivity index (χ3v) is 9.78. The molecule has 0 spiro atoms. The Bertz CT molecular complexity index is 2570. The van der Waals surface area contributed by atoms with Crippen LogP contribution in [0.5, 0.6) is 5.75 Å². The Labute approximate surface area is 293 Å². The van der Waals surface area contributed by atoms with Crippen LogP contribution in [0.2, 0.25) is 0 Å². The van der Waals surface area contributed by atoms with Crippen molar-refractivity contribution in [3.63, 3.8) is 0 Å². The Morgan fingerprint density at radius 1 is 0.560 bits per heavy atom. The van der Waals surface area contributed by atoms with E-state index in [1.165, 1.54) is 21.7 Å². The molecule has 246 valence electrons. The second kappa shape index (κ2) is 11.7. The van der Waals surface area contributed by atoms with Crippen LogP contribution in [0.15, 0.2) is 134 Å². The minimum absolute atomic E-state index is 0.0966. The standard InChI is InChI=1S/C46H41N3O/c1-45(2,3)34-27-38(43(50)39(28-34)46(4,5)6)41-20-12-19-40(48-41)33-22-32(29-14-8-7-9-15-29)23-35(24-33)49-42-26-31-17-11-10-16-30(31)25-37(42)36-18-13-21-47-44(36)49/h7-28,50H,1-6H3. The Morgan fingerprint density at radius 2 is 1.26 bits per heavy atom. The smallest absolute Gasteiger partial charge is 0.145 e. The summed E-state index contributed by atoms with van der Waals surface area (Å²) in [5, 5.41) is 16.4. The van der Waals surface area contributed by atoms with Crippen molar-refractivity contribution in [2.75, 3.05) is 0 Å². The van der Waals surface area contributed by atoms with Crippen molar-refractivity contribution in [3.8, 4) is 45.1 Å². The number of rotatable bonds is 4. The van der Waals surface area contributed by atoms with Crippen molar-refractivity contribution in [3.05, 3.63) is 145 Å². The van der Waals surface area contributed by atoms with Gasteiger partial charge in [-0.2, -0.15) is 0 Å². The fraction of sp³-hybridized carbons (Fsp3) is 0.174. The van der Waals surface area contributed by atoms with Gasteiger partial charge in [-0.05, 0) is 99.0 Å². The van der Waals surface area contributed by atoms with Crippen molar-refractivity contribution < 1.29 is 5.11 Å². The molecule has 0 fully saturated rings. The first-order valence-corrected chi connectivity index (χ1v) is 17.3. The van der Waals surface area contributed by atoms with Crippen molar-refractivity contribution >= 4 is 32.7 Å². The second-order valence-corrected chi connectivity index (χ2v) is 15.4. The summed E-state index contributed by atoms with van der Waals surface area (Å²) in [5.74, 6) is 0.289. The van der Waals surface area contributed by atoms with Gasteiger partial charge in [-0.25, -0.2) is 9.97 Å². The van der Waals surface area contributed by atoms with E-state index in [2.05, 4.69) is 149 Å². The first kappa shape index (κ1) is 31.5. The summed E-state index contributed by atoms with van der Waals surface area (Å²) in [5.41, 5.74) is 10.3. The number of benzene rings is 5. The summed E-state index contributed by atoms with van der Waals surface area (Å²) in [6, 6.07) is 44.8. The zero-order valence-corrected chi connectivity index (χ0v) is 29.5. The predicted molar refractivity (Wildman–Crippen MR) is 209 cm³/mol. The van der Waals surface area contributed by atoms with Crippen LogP contribution in [0.4, 0.5) is 0 Å². The van der Waals surface area contributed by atoms with Gasteiger partial charge in [-0.3, -0.25) is 4.57 Å². The lowest BCUT2D eigenvalue weighted by Crippen LogP contribution is -2.17. The van der Waals surface area contributed by atoms with Gasteiger partial charge >= 0.3 is 0 Å². The maximum absolute atomic E-state index is 11.7. The molecule has 0 atom stereocenters. The molecule has 0 saturated heterocycles. The van der Waals surface area contributed by atoms with Crippen LogP contribution in [-0.2, 0) is 10.8 Å². The lowest BCUT2D eigenvalue weighted by Gasteiger charge is -2.27. The summed E-state index contributed by atoms with van der Waals surface area (Å²) in [7, 11) is 0. The van der Waals surface area contributed by atoms with E-state index >= 15 is 0 Å². The molecule has 3 aromatic heterocycles. The Morgan fingerprint density at radius 3 is 2.00 bits per heavy atom. The summed E-state index contributed by atoms with van der Waals surface area (Å²) in [4.78, 5) is 10.2. The van der Waals surface area contributed by atoms with Crippen LogP contribution in [0.25, 0.3) is 72.0 Å². The van der Waals surface area contributed by atoms with E-state index in [0.29, 0.717) is 0 Å². The van der Waals surface area contributed by atoms with E-state index in [1.54, 1.807) is 0 Å². The summed E-state index contributed by atoms with van der Waals surface area (Å²) in [6.07, 6.45) is 1.87. The number of phenolic OH excluding ortho intramolecular Hbond substituents is 1. The maximum Gasteiger partial charge on any atom is 0.145 e. The van der Waals surface area contributed by atoms with Gasteiger partial charge < -0.3 is 5.11 Å². The molecule has 1 N–H and O–H groups in total. The number of aromatic nitrogens is 3. The lowest BCUT2D eigenvalue weighted by molar-refractivity contribution is 0.446. The first-order chi connectivity index (χ1) is 24.0. The molecule has 4 heteroatoms. The van der Waals surface area contributed by atoms with Gasteiger partial charge in [0.1, 0.15) is 11.4 Å². The predicted octanol–water partition coefficient (Wildman–Crippen LogP) is 12.0. The molecule has 8 aromatic rings. The minimum atomic E-state index is -0.238. The van der Waals surface area contributed by atoms with Crippen LogP contribution >= 0.6 is 0 Å². The van der Waals surface area contributed by atoms with Crippen LogP contribution in [-0.4, -0.2) is 19.6 Å². The number of hydrogen-bond acceptors (Lipinski definition) is 3. The van der Waals surface area contributed by atoms with Gasteiger partial charge in [0.2, 0.25) is 0 Å². The molecule has 0 aliphatic heterocycles. The summed E-state index contributed by atoms with van der Waals surface area (Å²) in [6.45, 7) is 13.1.